The summed E-state index contributed by atoms with van der Waals surface area (Å²) in [5.74, 6) is -0.388. The molecule has 0 spiro atoms. The lowest BCUT2D eigenvalue weighted by molar-refractivity contribution is -0.143. The van der Waals surface area contributed by atoms with E-state index >= 15 is 0 Å². The van der Waals surface area contributed by atoms with Crippen molar-refractivity contribution in [1.29, 1.82) is 0 Å². The third-order valence-corrected chi connectivity index (χ3v) is 4.57. The zero-order valence-corrected chi connectivity index (χ0v) is 12.1. The average molecular weight is 298 g/mol. The number of rotatable bonds is 6. The third kappa shape index (κ3) is 4.49. The van der Waals surface area contributed by atoms with Gasteiger partial charge in [0.05, 0.1) is 18.6 Å². The van der Waals surface area contributed by atoms with E-state index in [1.165, 1.54) is 17.8 Å². The smallest absolute Gasteiger partial charge is 0.306 e. The summed E-state index contributed by atoms with van der Waals surface area (Å²) in [6.45, 7) is 0.571. The highest BCUT2D eigenvalue weighted by Crippen LogP contribution is 2.27. The van der Waals surface area contributed by atoms with Gasteiger partial charge in [0.1, 0.15) is 5.82 Å². The molecule has 0 aliphatic heterocycles. The van der Waals surface area contributed by atoms with E-state index < -0.39 is 5.97 Å². The van der Waals surface area contributed by atoms with Crippen LogP contribution in [0, 0.1) is 11.7 Å². The van der Waals surface area contributed by atoms with Crippen LogP contribution in [0.3, 0.4) is 0 Å². The van der Waals surface area contributed by atoms with Crippen LogP contribution < -0.4 is 0 Å². The average Bonchev–Trinajstić information content (AvgIpc) is 2.46. The Balaban J connectivity index is 1.63. The van der Waals surface area contributed by atoms with Crippen LogP contribution in [0.1, 0.15) is 25.7 Å². The lowest BCUT2D eigenvalue weighted by Gasteiger charge is -2.26. The van der Waals surface area contributed by atoms with E-state index in [0.717, 1.165) is 12.8 Å². The number of benzene rings is 1. The molecule has 110 valence electrons. The second-order valence-electron chi connectivity index (χ2n) is 4.96. The first kappa shape index (κ1) is 15.3. The Bertz CT molecular complexity index is 444. The normalized spacial score (nSPS) is 22.6. The molecule has 0 heterocycles. The highest BCUT2D eigenvalue weighted by Gasteiger charge is 2.26. The second kappa shape index (κ2) is 7.64. The SMILES string of the molecule is O=C(O)C1CCC(OCCSc2ccccc2F)CC1. The van der Waals surface area contributed by atoms with Gasteiger partial charge in [-0.2, -0.15) is 0 Å². The summed E-state index contributed by atoms with van der Waals surface area (Å²) in [5, 5.41) is 8.91. The molecule has 1 fully saturated rings. The van der Waals surface area contributed by atoms with Gasteiger partial charge in [0.15, 0.2) is 0 Å². The summed E-state index contributed by atoms with van der Waals surface area (Å²) in [6, 6.07) is 6.71. The van der Waals surface area contributed by atoms with Crippen LogP contribution in [0.4, 0.5) is 4.39 Å². The largest absolute Gasteiger partial charge is 0.481 e. The number of hydrogen-bond acceptors (Lipinski definition) is 3. The number of carboxylic acid groups (broad SMARTS) is 1. The Morgan fingerprint density at radius 3 is 2.65 bits per heavy atom. The van der Waals surface area contributed by atoms with Crippen LogP contribution in [0.25, 0.3) is 0 Å². The summed E-state index contributed by atoms with van der Waals surface area (Å²) in [4.78, 5) is 11.5. The molecule has 20 heavy (non-hydrogen) atoms. The minimum Gasteiger partial charge on any atom is -0.481 e. The number of thioether (sulfide) groups is 1. The van der Waals surface area contributed by atoms with Crippen LogP contribution >= 0.6 is 11.8 Å². The molecule has 1 aliphatic carbocycles. The maximum absolute atomic E-state index is 13.4. The number of ether oxygens (including phenoxy) is 1. The predicted molar refractivity (Wildman–Crippen MR) is 76.5 cm³/mol. The van der Waals surface area contributed by atoms with E-state index in [4.69, 9.17) is 9.84 Å². The molecule has 1 saturated carbocycles. The zero-order valence-electron chi connectivity index (χ0n) is 11.3. The first-order valence-electron chi connectivity index (χ1n) is 6.88. The molecule has 0 saturated heterocycles. The molecule has 5 heteroatoms. The van der Waals surface area contributed by atoms with Crippen LogP contribution in [-0.4, -0.2) is 29.5 Å². The van der Waals surface area contributed by atoms with E-state index in [0.29, 0.717) is 30.1 Å². The fourth-order valence-corrected chi connectivity index (χ4v) is 3.18. The highest BCUT2D eigenvalue weighted by molar-refractivity contribution is 7.99. The predicted octanol–water partition coefficient (Wildman–Crippen LogP) is 3.58. The van der Waals surface area contributed by atoms with Gasteiger partial charge in [-0.3, -0.25) is 4.79 Å². The number of halogens is 1. The summed E-state index contributed by atoms with van der Waals surface area (Å²) in [5.41, 5.74) is 0. The number of aliphatic carboxylic acids is 1. The van der Waals surface area contributed by atoms with Crippen molar-refractivity contribution in [1.82, 2.24) is 0 Å². The Hall–Kier alpha value is -1.07. The zero-order chi connectivity index (χ0) is 14.4. The van der Waals surface area contributed by atoms with E-state index in [1.807, 2.05) is 6.07 Å². The Kier molecular flexibility index (Phi) is 5.86. The molecular formula is C15H19FO3S. The molecule has 0 bridgehead atoms. The van der Waals surface area contributed by atoms with Crippen molar-refractivity contribution < 1.29 is 19.0 Å². The lowest BCUT2D eigenvalue weighted by Crippen LogP contribution is -2.26. The molecule has 3 nitrogen and oxygen atoms in total. The van der Waals surface area contributed by atoms with Gasteiger partial charge < -0.3 is 9.84 Å². The van der Waals surface area contributed by atoms with Gasteiger partial charge in [-0.05, 0) is 37.8 Å². The van der Waals surface area contributed by atoms with Gasteiger partial charge in [0.25, 0.3) is 0 Å². The first-order chi connectivity index (χ1) is 9.66. The summed E-state index contributed by atoms with van der Waals surface area (Å²) in [7, 11) is 0. The molecule has 1 aliphatic rings. The highest BCUT2D eigenvalue weighted by atomic mass is 32.2. The van der Waals surface area contributed by atoms with E-state index in [1.54, 1.807) is 12.1 Å². The number of hydrogen-bond donors (Lipinski definition) is 1. The summed E-state index contributed by atoms with van der Waals surface area (Å²) in [6.07, 6.45) is 3.16. The first-order valence-corrected chi connectivity index (χ1v) is 7.87. The molecule has 0 amide bonds. The van der Waals surface area contributed by atoms with Crippen molar-refractivity contribution in [3.05, 3.63) is 30.1 Å². The molecule has 1 N–H and O–H groups in total. The standard InChI is InChI=1S/C15H19FO3S/c16-13-3-1-2-4-14(13)20-10-9-19-12-7-5-11(6-8-12)15(17)18/h1-4,11-12H,5-10H2,(H,17,18). The molecule has 1 aromatic carbocycles. The monoisotopic (exact) mass is 298 g/mol. The van der Waals surface area contributed by atoms with Crippen molar-refractivity contribution >= 4 is 17.7 Å². The fraction of sp³-hybridized carbons (Fsp3) is 0.533. The molecule has 0 atom stereocenters. The molecule has 1 aromatic rings. The van der Waals surface area contributed by atoms with Crippen LogP contribution in [-0.2, 0) is 9.53 Å². The quantitative estimate of drug-likeness (QED) is 0.644. The van der Waals surface area contributed by atoms with Crippen LogP contribution in [0.15, 0.2) is 29.2 Å². The minimum atomic E-state index is -0.696. The van der Waals surface area contributed by atoms with Crippen molar-refractivity contribution in [2.45, 2.75) is 36.7 Å². The second-order valence-corrected chi connectivity index (χ2v) is 6.10. The van der Waals surface area contributed by atoms with Crippen LogP contribution in [0.5, 0.6) is 0 Å². The van der Waals surface area contributed by atoms with Gasteiger partial charge in [-0.15, -0.1) is 11.8 Å². The van der Waals surface area contributed by atoms with Gasteiger partial charge in [0, 0.05) is 10.6 Å². The van der Waals surface area contributed by atoms with E-state index in [2.05, 4.69) is 0 Å². The number of carbonyl (C=O) groups is 1. The van der Waals surface area contributed by atoms with Gasteiger partial charge >= 0.3 is 5.97 Å². The Morgan fingerprint density at radius 1 is 1.30 bits per heavy atom. The van der Waals surface area contributed by atoms with Gasteiger partial charge in [-0.25, -0.2) is 4.39 Å². The van der Waals surface area contributed by atoms with Crippen molar-refractivity contribution in [2.75, 3.05) is 12.4 Å². The maximum atomic E-state index is 13.4. The summed E-state index contributed by atoms with van der Waals surface area (Å²) < 4.78 is 19.1. The third-order valence-electron chi connectivity index (χ3n) is 3.55. The van der Waals surface area contributed by atoms with Gasteiger partial charge in [-0.1, -0.05) is 12.1 Å². The van der Waals surface area contributed by atoms with Crippen molar-refractivity contribution in [3.8, 4) is 0 Å². The molecular weight excluding hydrogens is 279 g/mol. The van der Waals surface area contributed by atoms with Crippen molar-refractivity contribution in [2.24, 2.45) is 5.92 Å². The van der Waals surface area contributed by atoms with E-state index in [9.17, 15) is 9.18 Å². The minimum absolute atomic E-state index is 0.159. The topological polar surface area (TPSA) is 46.5 Å². The van der Waals surface area contributed by atoms with Gasteiger partial charge in [0.2, 0.25) is 0 Å². The van der Waals surface area contributed by atoms with Crippen molar-refractivity contribution in [3.63, 3.8) is 0 Å². The number of carboxylic acids is 1. The molecule has 0 aromatic heterocycles. The maximum Gasteiger partial charge on any atom is 0.306 e. The summed E-state index contributed by atoms with van der Waals surface area (Å²) >= 11 is 1.45. The fourth-order valence-electron chi connectivity index (χ4n) is 2.40. The van der Waals surface area contributed by atoms with E-state index in [-0.39, 0.29) is 17.8 Å². The Labute approximate surface area is 122 Å². The molecule has 0 radical (unpaired) electrons. The Morgan fingerprint density at radius 2 is 2.00 bits per heavy atom. The molecule has 2 rings (SSSR count). The van der Waals surface area contributed by atoms with Crippen LogP contribution in [0.2, 0.25) is 0 Å². The molecule has 0 unspecified atom stereocenters. The lowest BCUT2D eigenvalue weighted by atomic mass is 9.87.